The van der Waals surface area contributed by atoms with Crippen molar-refractivity contribution in [3.63, 3.8) is 0 Å². The summed E-state index contributed by atoms with van der Waals surface area (Å²) in [6, 6.07) is 7.58. The summed E-state index contributed by atoms with van der Waals surface area (Å²) in [5.41, 5.74) is 0.170. The molecule has 2 heterocycles. The van der Waals surface area contributed by atoms with E-state index < -0.39 is 29.1 Å². The largest absolute Gasteiger partial charge is 0.343 e. The SMILES string of the molecule is O=C(NCc1ccc(C(=O)c2ccsc2)s1)C(=O)Nc1cc(F)ccc1F. The number of thiophene rings is 2. The number of anilines is 1. The Morgan fingerprint density at radius 2 is 1.81 bits per heavy atom. The molecule has 0 bridgehead atoms. The second kappa shape index (κ2) is 8.19. The van der Waals surface area contributed by atoms with Crippen LogP contribution in [0.25, 0.3) is 0 Å². The van der Waals surface area contributed by atoms with Crippen LogP contribution in [-0.4, -0.2) is 17.6 Å². The van der Waals surface area contributed by atoms with Gasteiger partial charge >= 0.3 is 11.8 Å². The summed E-state index contributed by atoms with van der Waals surface area (Å²) in [5.74, 6) is -3.83. The molecule has 3 rings (SSSR count). The fourth-order valence-electron chi connectivity index (χ4n) is 2.15. The van der Waals surface area contributed by atoms with E-state index in [9.17, 15) is 23.2 Å². The lowest BCUT2D eigenvalue weighted by Gasteiger charge is -2.06. The molecule has 0 radical (unpaired) electrons. The lowest BCUT2D eigenvalue weighted by atomic mass is 10.2. The number of carbonyl (C=O) groups is 3. The van der Waals surface area contributed by atoms with Crippen molar-refractivity contribution in [2.24, 2.45) is 0 Å². The number of halogens is 2. The molecule has 3 aromatic rings. The van der Waals surface area contributed by atoms with Crippen LogP contribution in [0.5, 0.6) is 0 Å². The van der Waals surface area contributed by atoms with E-state index in [2.05, 4.69) is 5.32 Å². The highest BCUT2D eigenvalue weighted by Crippen LogP contribution is 2.21. The van der Waals surface area contributed by atoms with Crippen molar-refractivity contribution in [1.82, 2.24) is 5.32 Å². The Bertz CT molecular complexity index is 1000. The van der Waals surface area contributed by atoms with Crippen molar-refractivity contribution in [2.45, 2.75) is 6.54 Å². The van der Waals surface area contributed by atoms with Crippen molar-refractivity contribution in [2.75, 3.05) is 5.32 Å². The molecule has 2 N–H and O–H groups in total. The molecule has 0 aliphatic carbocycles. The Kier molecular flexibility index (Phi) is 5.72. The smallest absolute Gasteiger partial charge is 0.313 e. The number of amides is 2. The zero-order valence-electron chi connectivity index (χ0n) is 13.6. The van der Waals surface area contributed by atoms with Gasteiger partial charge in [-0.3, -0.25) is 14.4 Å². The summed E-state index contributed by atoms with van der Waals surface area (Å²) in [5, 5.41) is 7.94. The van der Waals surface area contributed by atoms with Crippen molar-refractivity contribution in [3.8, 4) is 0 Å². The van der Waals surface area contributed by atoms with Gasteiger partial charge in [0.05, 0.1) is 17.1 Å². The molecule has 0 aliphatic rings. The number of carbonyl (C=O) groups excluding carboxylic acids is 3. The summed E-state index contributed by atoms with van der Waals surface area (Å²) in [6.07, 6.45) is 0. The van der Waals surface area contributed by atoms with Crippen LogP contribution >= 0.6 is 22.7 Å². The summed E-state index contributed by atoms with van der Waals surface area (Å²) >= 11 is 2.62. The molecule has 0 saturated carbocycles. The summed E-state index contributed by atoms with van der Waals surface area (Å²) < 4.78 is 26.6. The molecule has 0 fully saturated rings. The zero-order valence-corrected chi connectivity index (χ0v) is 15.3. The Morgan fingerprint density at radius 1 is 1.00 bits per heavy atom. The van der Waals surface area contributed by atoms with E-state index in [4.69, 9.17) is 0 Å². The van der Waals surface area contributed by atoms with Gasteiger partial charge in [0.15, 0.2) is 0 Å². The van der Waals surface area contributed by atoms with Gasteiger partial charge in [-0.25, -0.2) is 8.78 Å². The first-order valence-corrected chi connectivity index (χ1v) is 9.40. The van der Waals surface area contributed by atoms with Crippen LogP contribution in [0.1, 0.15) is 20.1 Å². The van der Waals surface area contributed by atoms with Crippen LogP contribution in [0.4, 0.5) is 14.5 Å². The first-order chi connectivity index (χ1) is 12.9. The number of hydrogen-bond donors (Lipinski definition) is 2. The van der Waals surface area contributed by atoms with E-state index in [-0.39, 0.29) is 12.3 Å². The van der Waals surface area contributed by atoms with Gasteiger partial charge < -0.3 is 10.6 Å². The molecular formula is C18H12F2N2O3S2. The lowest BCUT2D eigenvalue weighted by molar-refractivity contribution is -0.136. The van der Waals surface area contributed by atoms with E-state index in [0.29, 0.717) is 15.3 Å². The molecule has 9 heteroatoms. The molecule has 2 aromatic heterocycles. The summed E-state index contributed by atoms with van der Waals surface area (Å²) in [6.45, 7) is 0.0273. The number of rotatable bonds is 5. The number of nitrogens with one attached hydrogen (secondary N) is 2. The highest BCUT2D eigenvalue weighted by Gasteiger charge is 2.17. The third kappa shape index (κ3) is 4.63. The topological polar surface area (TPSA) is 75.3 Å². The number of ketones is 1. The van der Waals surface area contributed by atoms with Crippen LogP contribution in [0.15, 0.2) is 47.2 Å². The summed E-state index contributed by atoms with van der Waals surface area (Å²) in [4.78, 5) is 37.1. The first kappa shape index (κ1) is 18.9. The minimum Gasteiger partial charge on any atom is -0.343 e. The predicted octanol–water partition coefficient (Wildman–Crippen LogP) is 3.57. The van der Waals surface area contributed by atoms with Gasteiger partial charge in [-0.15, -0.1) is 11.3 Å². The van der Waals surface area contributed by atoms with Crippen molar-refractivity contribution < 1.29 is 23.2 Å². The molecular weight excluding hydrogens is 394 g/mol. The van der Waals surface area contributed by atoms with Crippen LogP contribution in [0, 0.1) is 11.6 Å². The van der Waals surface area contributed by atoms with Gasteiger partial charge in [-0.2, -0.15) is 11.3 Å². The lowest BCUT2D eigenvalue weighted by Crippen LogP contribution is -2.35. The molecule has 138 valence electrons. The van der Waals surface area contributed by atoms with E-state index in [1.54, 1.807) is 23.6 Å². The molecule has 0 unspecified atom stereocenters. The van der Waals surface area contributed by atoms with Gasteiger partial charge in [-0.1, -0.05) is 0 Å². The molecule has 2 amide bonds. The monoisotopic (exact) mass is 406 g/mol. The average Bonchev–Trinajstić information content (AvgIpc) is 3.34. The number of hydrogen-bond acceptors (Lipinski definition) is 5. The van der Waals surface area contributed by atoms with Gasteiger partial charge in [-0.05, 0) is 35.7 Å². The molecule has 0 aliphatic heterocycles. The van der Waals surface area contributed by atoms with Crippen LogP contribution in [0.2, 0.25) is 0 Å². The highest BCUT2D eigenvalue weighted by molar-refractivity contribution is 7.14. The van der Waals surface area contributed by atoms with Crippen LogP contribution < -0.4 is 10.6 Å². The normalized spacial score (nSPS) is 10.4. The fourth-order valence-corrected chi connectivity index (χ4v) is 3.70. The Morgan fingerprint density at radius 3 is 2.56 bits per heavy atom. The average molecular weight is 406 g/mol. The van der Waals surface area contributed by atoms with Crippen molar-refractivity contribution in [1.29, 1.82) is 0 Å². The maximum Gasteiger partial charge on any atom is 0.313 e. The Balaban J connectivity index is 1.57. The maximum atomic E-state index is 13.5. The third-order valence-electron chi connectivity index (χ3n) is 3.47. The minimum absolute atomic E-state index is 0.0273. The van der Waals surface area contributed by atoms with E-state index in [1.165, 1.54) is 22.7 Å². The Hall–Kier alpha value is -2.91. The van der Waals surface area contributed by atoms with Crippen molar-refractivity contribution in [3.05, 3.63) is 74.1 Å². The summed E-state index contributed by atoms with van der Waals surface area (Å²) in [7, 11) is 0. The standard InChI is InChI=1S/C18H12F2N2O3S2/c19-11-1-3-13(20)14(7-11)22-18(25)17(24)21-8-12-2-4-15(27-12)16(23)10-5-6-26-9-10/h1-7,9H,8H2,(H,21,24)(H,22,25). The second-order valence-electron chi connectivity index (χ2n) is 5.37. The molecule has 1 aromatic carbocycles. The van der Waals surface area contributed by atoms with Gasteiger partial charge in [0, 0.05) is 21.9 Å². The molecule has 0 atom stereocenters. The van der Waals surface area contributed by atoms with Gasteiger partial charge in [0.2, 0.25) is 5.78 Å². The quantitative estimate of drug-likeness (QED) is 0.502. The minimum atomic E-state index is -1.12. The van der Waals surface area contributed by atoms with E-state index >= 15 is 0 Å². The van der Waals surface area contributed by atoms with Gasteiger partial charge in [0.25, 0.3) is 0 Å². The molecule has 0 spiro atoms. The molecule has 5 nitrogen and oxygen atoms in total. The highest BCUT2D eigenvalue weighted by atomic mass is 32.1. The number of benzene rings is 1. The van der Waals surface area contributed by atoms with Crippen molar-refractivity contribution >= 4 is 46.0 Å². The first-order valence-electron chi connectivity index (χ1n) is 7.64. The van der Waals surface area contributed by atoms with E-state index in [0.717, 1.165) is 18.2 Å². The molecule has 0 saturated heterocycles. The van der Waals surface area contributed by atoms with Crippen LogP contribution in [-0.2, 0) is 16.1 Å². The Labute approximate surface area is 160 Å². The predicted molar refractivity (Wildman–Crippen MR) is 98.9 cm³/mol. The van der Waals surface area contributed by atoms with Crippen LogP contribution in [0.3, 0.4) is 0 Å². The maximum absolute atomic E-state index is 13.5. The molecule has 27 heavy (non-hydrogen) atoms. The third-order valence-corrected chi connectivity index (χ3v) is 5.24. The van der Waals surface area contributed by atoms with Gasteiger partial charge in [0.1, 0.15) is 11.6 Å². The van der Waals surface area contributed by atoms with E-state index in [1.807, 2.05) is 10.7 Å². The fraction of sp³-hybridized carbons (Fsp3) is 0.0556. The second-order valence-corrected chi connectivity index (χ2v) is 7.32. The zero-order chi connectivity index (χ0) is 19.4.